The van der Waals surface area contributed by atoms with E-state index in [1.807, 2.05) is 0 Å². The van der Waals surface area contributed by atoms with Gasteiger partial charge in [-0.05, 0) is 69.4 Å². The molecule has 1 aliphatic carbocycles. The molecule has 0 saturated carbocycles. The van der Waals surface area contributed by atoms with Crippen LogP contribution in [0.2, 0.25) is 5.02 Å². The highest BCUT2D eigenvalue weighted by Gasteiger charge is 2.32. The lowest BCUT2D eigenvalue weighted by Gasteiger charge is -2.28. The van der Waals surface area contributed by atoms with Gasteiger partial charge in [0.2, 0.25) is 15.9 Å². The Morgan fingerprint density at radius 2 is 1.87 bits per heavy atom. The number of fused-ring (bicyclic) bond motifs is 1. The van der Waals surface area contributed by atoms with Crippen LogP contribution in [0.4, 0.5) is 10.7 Å². The number of carbonyl (C=O) groups is 2. The highest BCUT2D eigenvalue weighted by molar-refractivity contribution is 7.92. The van der Waals surface area contributed by atoms with Gasteiger partial charge in [-0.3, -0.25) is 9.10 Å². The van der Waals surface area contributed by atoms with E-state index in [4.69, 9.17) is 16.3 Å². The van der Waals surface area contributed by atoms with E-state index in [0.29, 0.717) is 21.3 Å². The first-order valence-corrected chi connectivity index (χ1v) is 13.0. The van der Waals surface area contributed by atoms with Crippen molar-refractivity contribution in [2.45, 2.75) is 45.6 Å². The van der Waals surface area contributed by atoms with Crippen LogP contribution in [0.15, 0.2) is 24.3 Å². The second kappa shape index (κ2) is 9.58. The molecule has 0 fully saturated rings. The maximum atomic E-state index is 13.1. The van der Waals surface area contributed by atoms with Gasteiger partial charge in [-0.15, -0.1) is 11.3 Å². The van der Waals surface area contributed by atoms with Crippen LogP contribution < -0.4 is 9.62 Å². The normalized spacial score (nSPS) is 14.5. The predicted molar refractivity (Wildman–Crippen MR) is 124 cm³/mol. The molecule has 1 heterocycles. The number of aryl methyl sites for hydroxylation is 1. The minimum Gasteiger partial charge on any atom is -0.462 e. The summed E-state index contributed by atoms with van der Waals surface area (Å²) in [5.41, 5.74) is 1.64. The topological polar surface area (TPSA) is 92.8 Å². The van der Waals surface area contributed by atoms with E-state index in [2.05, 4.69) is 5.32 Å². The van der Waals surface area contributed by atoms with E-state index >= 15 is 0 Å². The van der Waals surface area contributed by atoms with Crippen LogP contribution in [-0.2, 0) is 32.4 Å². The molecule has 1 N–H and O–H groups in total. The summed E-state index contributed by atoms with van der Waals surface area (Å²) < 4.78 is 31.2. The molecule has 7 nitrogen and oxygen atoms in total. The van der Waals surface area contributed by atoms with Crippen molar-refractivity contribution in [3.05, 3.63) is 45.3 Å². The number of ether oxygens (including phenoxy) is 1. The Hall–Kier alpha value is -2.10. The Kier molecular flexibility index (Phi) is 7.28. The van der Waals surface area contributed by atoms with Gasteiger partial charge < -0.3 is 10.1 Å². The number of nitrogens with zero attached hydrogens (tertiary/aromatic N) is 1. The van der Waals surface area contributed by atoms with Crippen LogP contribution in [0.5, 0.6) is 0 Å². The molecule has 3 rings (SSSR count). The second-order valence-corrected chi connectivity index (χ2v) is 10.7. The Labute approximate surface area is 191 Å². The lowest BCUT2D eigenvalue weighted by Crippen LogP contribution is -2.45. The molecule has 1 amide bonds. The number of benzene rings is 1. The van der Waals surface area contributed by atoms with Gasteiger partial charge in [0.05, 0.1) is 24.1 Å². The van der Waals surface area contributed by atoms with Crippen molar-refractivity contribution in [1.82, 2.24) is 0 Å². The zero-order chi connectivity index (χ0) is 22.8. The molecule has 2 aromatic rings. The van der Waals surface area contributed by atoms with Gasteiger partial charge in [-0.2, -0.15) is 0 Å². The quantitative estimate of drug-likeness (QED) is 0.593. The lowest BCUT2D eigenvalue weighted by molar-refractivity contribution is -0.116. The molecule has 0 bridgehead atoms. The maximum Gasteiger partial charge on any atom is 0.341 e. The van der Waals surface area contributed by atoms with Crippen molar-refractivity contribution in [3.63, 3.8) is 0 Å². The summed E-state index contributed by atoms with van der Waals surface area (Å²) in [6.07, 6.45) is 4.64. The summed E-state index contributed by atoms with van der Waals surface area (Å²) in [5, 5.41) is 3.65. The van der Waals surface area contributed by atoms with Gasteiger partial charge in [0.15, 0.2) is 0 Å². The standard InChI is InChI=1S/C21H25ClN2O5S2/c1-4-29-21(26)18-16-7-5-6-8-17(16)30-20(18)23-19(25)13(2)24(31(3,27)28)15-11-9-14(22)10-12-15/h9-13H,4-8H2,1-3H3,(H,23,25)/t13-/m1/s1. The third-order valence-corrected chi connectivity index (χ3v) is 7.76. The molecular formula is C21H25ClN2O5S2. The predicted octanol–water partition coefficient (Wildman–Crippen LogP) is 4.25. The van der Waals surface area contributed by atoms with Gasteiger partial charge in [0.1, 0.15) is 11.0 Å². The Bertz CT molecular complexity index is 1080. The van der Waals surface area contributed by atoms with Gasteiger partial charge in [0.25, 0.3) is 0 Å². The molecular weight excluding hydrogens is 460 g/mol. The molecule has 1 aromatic carbocycles. The second-order valence-electron chi connectivity index (χ2n) is 7.34. The van der Waals surface area contributed by atoms with Gasteiger partial charge in [-0.25, -0.2) is 13.2 Å². The fourth-order valence-electron chi connectivity index (χ4n) is 3.69. The molecule has 31 heavy (non-hydrogen) atoms. The first-order chi connectivity index (χ1) is 14.6. The average Bonchev–Trinajstić information content (AvgIpc) is 3.06. The van der Waals surface area contributed by atoms with E-state index in [9.17, 15) is 18.0 Å². The number of hydrogen-bond acceptors (Lipinski definition) is 6. The number of sulfonamides is 1. The Balaban J connectivity index is 1.93. The smallest absolute Gasteiger partial charge is 0.341 e. The van der Waals surface area contributed by atoms with Crippen LogP contribution in [0.3, 0.4) is 0 Å². The lowest BCUT2D eigenvalue weighted by atomic mass is 9.95. The number of halogens is 1. The number of carbonyl (C=O) groups excluding carboxylic acids is 2. The Morgan fingerprint density at radius 3 is 2.48 bits per heavy atom. The van der Waals surface area contributed by atoms with E-state index < -0.39 is 27.9 Å². The Morgan fingerprint density at radius 1 is 1.23 bits per heavy atom. The van der Waals surface area contributed by atoms with E-state index in [0.717, 1.165) is 46.7 Å². The molecule has 0 radical (unpaired) electrons. The number of thiophene rings is 1. The van der Waals surface area contributed by atoms with E-state index in [1.165, 1.54) is 18.3 Å². The van der Waals surface area contributed by atoms with Crippen LogP contribution in [0, 0.1) is 0 Å². The van der Waals surface area contributed by atoms with Crippen LogP contribution >= 0.6 is 22.9 Å². The maximum absolute atomic E-state index is 13.1. The molecule has 0 unspecified atom stereocenters. The number of anilines is 2. The summed E-state index contributed by atoms with van der Waals surface area (Å²) in [7, 11) is -3.76. The van der Waals surface area contributed by atoms with Crippen molar-refractivity contribution in [2.24, 2.45) is 0 Å². The minimum atomic E-state index is -3.76. The fraction of sp³-hybridized carbons (Fsp3) is 0.429. The van der Waals surface area contributed by atoms with Crippen molar-refractivity contribution < 1.29 is 22.7 Å². The SMILES string of the molecule is CCOC(=O)c1c(NC(=O)[C@@H](C)N(c2ccc(Cl)cc2)S(C)(=O)=O)sc2c1CCCC2. The highest BCUT2D eigenvalue weighted by atomic mass is 35.5. The molecule has 0 saturated heterocycles. The van der Waals surface area contributed by atoms with Crippen molar-refractivity contribution in [1.29, 1.82) is 0 Å². The number of esters is 1. The zero-order valence-electron chi connectivity index (χ0n) is 17.6. The summed E-state index contributed by atoms with van der Waals surface area (Å²) in [4.78, 5) is 26.8. The number of rotatable bonds is 7. The number of nitrogens with one attached hydrogen (secondary N) is 1. The van der Waals surface area contributed by atoms with E-state index in [1.54, 1.807) is 31.2 Å². The summed E-state index contributed by atoms with van der Waals surface area (Å²) in [5.74, 6) is -1.01. The number of hydrogen-bond donors (Lipinski definition) is 1. The molecule has 0 spiro atoms. The molecule has 1 aliphatic rings. The largest absolute Gasteiger partial charge is 0.462 e. The van der Waals surface area contributed by atoms with Crippen LogP contribution in [0.1, 0.15) is 47.5 Å². The molecule has 0 aliphatic heterocycles. The molecule has 168 valence electrons. The van der Waals surface area contributed by atoms with Gasteiger partial charge in [-0.1, -0.05) is 11.6 Å². The van der Waals surface area contributed by atoms with E-state index in [-0.39, 0.29) is 6.61 Å². The fourth-order valence-corrected chi connectivity index (χ4v) is 6.27. The van der Waals surface area contributed by atoms with Gasteiger partial charge in [0, 0.05) is 9.90 Å². The first-order valence-electron chi connectivity index (χ1n) is 10.0. The third-order valence-electron chi connectivity index (χ3n) is 5.06. The van der Waals surface area contributed by atoms with Crippen molar-refractivity contribution in [3.8, 4) is 0 Å². The third kappa shape index (κ3) is 5.22. The molecule has 1 aromatic heterocycles. The number of amides is 1. The van der Waals surface area contributed by atoms with Crippen molar-refractivity contribution >= 4 is 55.5 Å². The molecule has 1 atom stereocenters. The first kappa shape index (κ1) is 23.6. The van der Waals surface area contributed by atoms with Gasteiger partial charge >= 0.3 is 5.97 Å². The summed E-state index contributed by atoms with van der Waals surface area (Å²) in [6, 6.07) is 5.16. The molecule has 10 heteroatoms. The van der Waals surface area contributed by atoms with Crippen molar-refractivity contribution in [2.75, 3.05) is 22.5 Å². The summed E-state index contributed by atoms with van der Waals surface area (Å²) >= 11 is 7.27. The van der Waals surface area contributed by atoms with Crippen LogP contribution in [-0.4, -0.2) is 39.2 Å². The minimum absolute atomic E-state index is 0.228. The summed E-state index contributed by atoms with van der Waals surface area (Å²) in [6.45, 7) is 3.46. The zero-order valence-corrected chi connectivity index (χ0v) is 20.0. The monoisotopic (exact) mass is 484 g/mol. The highest BCUT2D eigenvalue weighted by Crippen LogP contribution is 2.39. The van der Waals surface area contributed by atoms with Crippen LogP contribution in [0.25, 0.3) is 0 Å². The average molecular weight is 485 g/mol.